The number of para-hydroxylation sites is 1. The van der Waals surface area contributed by atoms with E-state index in [9.17, 15) is 4.79 Å². The molecule has 1 fully saturated rings. The van der Waals surface area contributed by atoms with Crippen LogP contribution in [0.2, 0.25) is 5.02 Å². The molecule has 0 atom stereocenters. The average Bonchev–Trinajstić information content (AvgIpc) is 3.12. The van der Waals surface area contributed by atoms with Gasteiger partial charge in [-0.25, -0.2) is 4.98 Å². The van der Waals surface area contributed by atoms with Crippen LogP contribution in [0, 0.1) is 5.92 Å². The number of carbonyl (C=O) groups is 1. The Balaban J connectivity index is 1.31. The highest BCUT2D eigenvalue weighted by Crippen LogP contribution is 2.31. The lowest BCUT2D eigenvalue weighted by Gasteiger charge is -2.31. The molecule has 1 aromatic heterocycles. The third-order valence-electron chi connectivity index (χ3n) is 4.89. The second-order valence-electron chi connectivity index (χ2n) is 6.73. The fourth-order valence-corrected chi connectivity index (χ4v) is 4.91. The first-order valence-electron chi connectivity index (χ1n) is 8.94. The van der Waals surface area contributed by atoms with Crippen LogP contribution < -0.4 is 10.2 Å². The smallest absolute Gasteiger partial charge is 0.252 e. The number of thiazole rings is 1. The molecule has 0 bridgehead atoms. The predicted molar refractivity (Wildman–Crippen MR) is 116 cm³/mol. The highest BCUT2D eigenvalue weighted by Gasteiger charge is 2.22. The van der Waals surface area contributed by atoms with E-state index < -0.39 is 0 Å². The zero-order chi connectivity index (χ0) is 18.8. The largest absolute Gasteiger partial charge is 0.352 e. The number of rotatable bonds is 4. The molecule has 0 radical (unpaired) electrons. The van der Waals surface area contributed by atoms with E-state index in [-0.39, 0.29) is 5.91 Å². The van der Waals surface area contributed by atoms with E-state index in [2.05, 4.69) is 44.3 Å². The second-order valence-corrected chi connectivity index (χ2v) is 9.06. The molecule has 1 amide bonds. The number of benzene rings is 2. The molecule has 2 aromatic carbocycles. The third kappa shape index (κ3) is 4.28. The Morgan fingerprint density at radius 3 is 2.81 bits per heavy atom. The number of amides is 1. The topological polar surface area (TPSA) is 45.2 Å². The van der Waals surface area contributed by atoms with Crippen LogP contribution in [0.3, 0.4) is 0 Å². The number of fused-ring (bicyclic) bond motifs is 1. The summed E-state index contributed by atoms with van der Waals surface area (Å²) in [6.07, 6.45) is 2.09. The second kappa shape index (κ2) is 8.17. The Hall–Kier alpha value is -1.63. The van der Waals surface area contributed by atoms with E-state index in [4.69, 9.17) is 16.6 Å². The Morgan fingerprint density at radius 1 is 1.26 bits per heavy atom. The Kier molecular flexibility index (Phi) is 5.66. The number of carbonyl (C=O) groups excluding carboxylic acids is 1. The normalized spacial score (nSPS) is 15.3. The molecule has 3 aromatic rings. The molecule has 4 rings (SSSR count). The summed E-state index contributed by atoms with van der Waals surface area (Å²) >= 11 is 11.3. The molecule has 1 N–H and O–H groups in total. The Morgan fingerprint density at radius 2 is 2.04 bits per heavy atom. The first-order valence-corrected chi connectivity index (χ1v) is 10.9. The summed E-state index contributed by atoms with van der Waals surface area (Å²) in [6.45, 7) is 2.62. The molecule has 0 saturated carbocycles. The van der Waals surface area contributed by atoms with Crippen LogP contribution in [-0.2, 0) is 0 Å². The van der Waals surface area contributed by atoms with Crippen molar-refractivity contribution in [1.82, 2.24) is 10.3 Å². The van der Waals surface area contributed by atoms with Crippen molar-refractivity contribution in [3.05, 3.63) is 57.5 Å². The fraction of sp³-hybridized carbons (Fsp3) is 0.300. The summed E-state index contributed by atoms with van der Waals surface area (Å²) in [5, 5.41) is 4.61. The van der Waals surface area contributed by atoms with Crippen molar-refractivity contribution in [2.75, 3.05) is 24.5 Å². The molecule has 0 spiro atoms. The van der Waals surface area contributed by atoms with Crippen molar-refractivity contribution in [3.63, 3.8) is 0 Å². The number of piperidine rings is 1. The van der Waals surface area contributed by atoms with Gasteiger partial charge in [-0.05, 0) is 49.1 Å². The van der Waals surface area contributed by atoms with Gasteiger partial charge in [0.2, 0.25) is 0 Å². The maximum Gasteiger partial charge on any atom is 0.252 e. The highest BCUT2D eigenvalue weighted by atomic mass is 79.9. The maximum atomic E-state index is 12.4. The Bertz CT molecular complexity index is 936. The lowest BCUT2D eigenvalue weighted by Crippen LogP contribution is -2.38. The maximum absolute atomic E-state index is 12.4. The number of hydrogen-bond donors (Lipinski definition) is 1. The van der Waals surface area contributed by atoms with Gasteiger partial charge in [0, 0.05) is 24.1 Å². The van der Waals surface area contributed by atoms with Gasteiger partial charge in [-0.15, -0.1) is 0 Å². The van der Waals surface area contributed by atoms with Crippen LogP contribution in [0.25, 0.3) is 10.2 Å². The van der Waals surface area contributed by atoms with Crippen molar-refractivity contribution < 1.29 is 4.79 Å². The quantitative estimate of drug-likeness (QED) is 0.565. The molecular weight excluding hydrogens is 446 g/mol. The minimum atomic E-state index is -0.116. The predicted octanol–water partition coefficient (Wildman–Crippen LogP) is 5.36. The first kappa shape index (κ1) is 18.7. The number of hydrogen-bond acceptors (Lipinski definition) is 4. The van der Waals surface area contributed by atoms with Gasteiger partial charge in [-0.2, -0.15) is 0 Å². The zero-order valence-corrected chi connectivity index (χ0v) is 17.8. The molecule has 1 saturated heterocycles. The van der Waals surface area contributed by atoms with Gasteiger partial charge in [0.15, 0.2) is 5.13 Å². The zero-order valence-electron chi connectivity index (χ0n) is 14.6. The van der Waals surface area contributed by atoms with Crippen LogP contribution in [0.4, 0.5) is 5.13 Å². The standard InChI is InChI=1S/C20H19BrClN3OS/c21-14-5-6-16(22)15(11-14)19(26)23-12-13-7-9-25(10-8-13)20-24-17-3-1-2-4-18(17)27-20/h1-6,11,13H,7-10,12H2,(H,23,26). The Labute approximate surface area is 175 Å². The molecule has 1 aliphatic heterocycles. The van der Waals surface area contributed by atoms with Crippen molar-refractivity contribution >= 4 is 60.1 Å². The number of halogens is 2. The van der Waals surface area contributed by atoms with E-state index in [1.165, 1.54) is 4.70 Å². The van der Waals surface area contributed by atoms with Crippen molar-refractivity contribution in [3.8, 4) is 0 Å². The van der Waals surface area contributed by atoms with Crippen LogP contribution in [0.15, 0.2) is 46.9 Å². The number of nitrogens with one attached hydrogen (secondary N) is 1. The molecule has 0 unspecified atom stereocenters. The minimum Gasteiger partial charge on any atom is -0.352 e. The van der Waals surface area contributed by atoms with Gasteiger partial charge in [0.05, 0.1) is 20.8 Å². The summed E-state index contributed by atoms with van der Waals surface area (Å²) in [5.74, 6) is 0.361. The van der Waals surface area contributed by atoms with Crippen molar-refractivity contribution in [2.45, 2.75) is 12.8 Å². The lowest BCUT2D eigenvalue weighted by atomic mass is 9.97. The summed E-state index contributed by atoms with van der Waals surface area (Å²) in [6, 6.07) is 13.6. The molecule has 4 nitrogen and oxygen atoms in total. The van der Waals surface area contributed by atoms with Crippen LogP contribution >= 0.6 is 38.9 Å². The van der Waals surface area contributed by atoms with Crippen LogP contribution in [0.1, 0.15) is 23.2 Å². The van der Waals surface area contributed by atoms with Gasteiger partial charge in [0.1, 0.15) is 0 Å². The molecule has 2 heterocycles. The molecular formula is C20H19BrClN3OS. The van der Waals surface area contributed by atoms with E-state index >= 15 is 0 Å². The summed E-state index contributed by atoms with van der Waals surface area (Å²) in [5.41, 5.74) is 1.58. The molecule has 140 valence electrons. The SMILES string of the molecule is O=C(NCC1CCN(c2nc3ccccc3s2)CC1)c1cc(Br)ccc1Cl. The number of aromatic nitrogens is 1. The van der Waals surface area contributed by atoms with E-state index in [0.717, 1.165) is 41.1 Å². The minimum absolute atomic E-state index is 0.116. The fourth-order valence-electron chi connectivity index (χ4n) is 3.33. The van der Waals surface area contributed by atoms with Crippen LogP contribution in [0.5, 0.6) is 0 Å². The highest BCUT2D eigenvalue weighted by molar-refractivity contribution is 9.10. The van der Waals surface area contributed by atoms with Gasteiger partial charge in [0.25, 0.3) is 5.91 Å². The monoisotopic (exact) mass is 463 g/mol. The average molecular weight is 465 g/mol. The number of anilines is 1. The summed E-state index contributed by atoms with van der Waals surface area (Å²) in [4.78, 5) is 19.5. The molecule has 0 aliphatic carbocycles. The van der Waals surface area contributed by atoms with Crippen LogP contribution in [-0.4, -0.2) is 30.5 Å². The van der Waals surface area contributed by atoms with Gasteiger partial charge in [-0.3, -0.25) is 4.79 Å². The van der Waals surface area contributed by atoms with E-state index in [1.54, 1.807) is 23.5 Å². The third-order valence-corrected chi connectivity index (χ3v) is 6.81. The van der Waals surface area contributed by atoms with Gasteiger partial charge >= 0.3 is 0 Å². The van der Waals surface area contributed by atoms with Gasteiger partial charge < -0.3 is 10.2 Å². The summed E-state index contributed by atoms with van der Waals surface area (Å²) < 4.78 is 2.08. The van der Waals surface area contributed by atoms with Gasteiger partial charge in [-0.1, -0.05) is 51.0 Å². The van der Waals surface area contributed by atoms with Crippen molar-refractivity contribution in [1.29, 1.82) is 0 Å². The van der Waals surface area contributed by atoms with E-state index in [0.29, 0.717) is 23.0 Å². The van der Waals surface area contributed by atoms with E-state index in [1.807, 2.05) is 12.1 Å². The molecule has 27 heavy (non-hydrogen) atoms. The molecule has 1 aliphatic rings. The first-order chi connectivity index (χ1) is 13.1. The lowest BCUT2D eigenvalue weighted by molar-refractivity contribution is 0.0945. The number of nitrogens with zero attached hydrogens (tertiary/aromatic N) is 2. The van der Waals surface area contributed by atoms with Crippen molar-refractivity contribution in [2.24, 2.45) is 5.92 Å². The summed E-state index contributed by atoms with van der Waals surface area (Å²) in [7, 11) is 0. The molecule has 7 heteroatoms.